The van der Waals surface area contributed by atoms with Crippen LogP contribution in [0.15, 0.2) is 0 Å². The molecule has 0 bridgehead atoms. The molecule has 1 aliphatic heterocycles. The van der Waals surface area contributed by atoms with Gasteiger partial charge in [-0.2, -0.15) is 0 Å². The molecule has 3 heteroatoms. The summed E-state index contributed by atoms with van der Waals surface area (Å²) in [5, 5.41) is 0. The van der Waals surface area contributed by atoms with E-state index in [0.29, 0.717) is 18.2 Å². The van der Waals surface area contributed by atoms with Gasteiger partial charge in [0.15, 0.2) is 0 Å². The van der Waals surface area contributed by atoms with Crippen molar-refractivity contribution in [3.63, 3.8) is 0 Å². The summed E-state index contributed by atoms with van der Waals surface area (Å²) < 4.78 is 5.92. The van der Waals surface area contributed by atoms with E-state index >= 15 is 0 Å². The van der Waals surface area contributed by atoms with Crippen LogP contribution in [0.25, 0.3) is 0 Å². The van der Waals surface area contributed by atoms with Crippen LogP contribution in [-0.2, 0) is 4.74 Å². The van der Waals surface area contributed by atoms with Gasteiger partial charge >= 0.3 is 0 Å². The first-order valence-electron chi connectivity index (χ1n) is 9.44. The molecule has 0 amide bonds. The molecule has 1 aliphatic carbocycles. The zero-order chi connectivity index (χ0) is 14.9. The van der Waals surface area contributed by atoms with E-state index in [-0.39, 0.29) is 0 Å². The first kappa shape index (κ1) is 17.2. The Morgan fingerprint density at radius 3 is 2.62 bits per heavy atom. The Labute approximate surface area is 131 Å². The molecular formula is C18H36N2O. The molecule has 0 aromatic carbocycles. The largest absolute Gasteiger partial charge is 0.375 e. The minimum absolute atomic E-state index is 0.502. The number of fused-ring (bicyclic) bond motifs is 1. The van der Waals surface area contributed by atoms with Crippen molar-refractivity contribution in [1.82, 2.24) is 4.90 Å². The fourth-order valence-electron chi connectivity index (χ4n) is 4.17. The molecule has 0 aromatic heterocycles. The lowest BCUT2D eigenvalue weighted by Gasteiger charge is -2.42. The maximum atomic E-state index is 6.08. The van der Waals surface area contributed by atoms with E-state index in [1.54, 1.807) is 0 Å². The predicted octanol–water partition coefficient (Wildman–Crippen LogP) is 3.71. The maximum Gasteiger partial charge on any atom is 0.0731 e. The van der Waals surface area contributed by atoms with Crippen LogP contribution in [-0.4, -0.2) is 42.8 Å². The van der Waals surface area contributed by atoms with Crippen molar-refractivity contribution in [2.45, 2.75) is 95.7 Å². The van der Waals surface area contributed by atoms with E-state index in [2.05, 4.69) is 11.8 Å². The number of ether oxygens (including phenoxy) is 1. The standard InChI is InChI=1S/C18H36N2O/c1-2-3-4-5-6-7-8-10-16(15-19)20-13-14-21-18-12-9-11-17(18)20/h16-18H,2-15,19H2,1H3. The lowest BCUT2D eigenvalue weighted by atomic mass is 10.0. The van der Waals surface area contributed by atoms with Gasteiger partial charge in [0.25, 0.3) is 0 Å². The SMILES string of the molecule is CCCCCCCCCC(CN)N1CCOC2CCCC21. The molecule has 0 aromatic rings. The monoisotopic (exact) mass is 296 g/mol. The van der Waals surface area contributed by atoms with Gasteiger partial charge in [0.05, 0.1) is 12.7 Å². The van der Waals surface area contributed by atoms with Crippen LogP contribution in [0.1, 0.15) is 77.6 Å². The topological polar surface area (TPSA) is 38.5 Å². The molecule has 3 nitrogen and oxygen atoms in total. The number of rotatable bonds is 10. The molecule has 3 atom stereocenters. The lowest BCUT2D eigenvalue weighted by molar-refractivity contribution is -0.0716. The van der Waals surface area contributed by atoms with Crippen LogP contribution in [0.5, 0.6) is 0 Å². The summed E-state index contributed by atoms with van der Waals surface area (Å²) in [7, 11) is 0. The Morgan fingerprint density at radius 2 is 1.86 bits per heavy atom. The van der Waals surface area contributed by atoms with Crippen LogP contribution in [0.4, 0.5) is 0 Å². The molecule has 2 N–H and O–H groups in total. The molecular weight excluding hydrogens is 260 g/mol. The zero-order valence-electron chi connectivity index (χ0n) is 14.1. The number of morpholine rings is 1. The third-order valence-corrected chi connectivity index (χ3v) is 5.41. The smallest absolute Gasteiger partial charge is 0.0731 e. The Morgan fingerprint density at radius 1 is 1.10 bits per heavy atom. The van der Waals surface area contributed by atoms with Gasteiger partial charge in [0, 0.05) is 25.2 Å². The fourth-order valence-corrected chi connectivity index (χ4v) is 4.17. The molecule has 2 rings (SSSR count). The normalized spacial score (nSPS) is 27.7. The van der Waals surface area contributed by atoms with Gasteiger partial charge in [-0.05, 0) is 25.7 Å². The number of nitrogens with two attached hydrogens (primary N) is 1. The molecule has 1 saturated carbocycles. The van der Waals surface area contributed by atoms with Gasteiger partial charge in [-0.15, -0.1) is 0 Å². The zero-order valence-corrected chi connectivity index (χ0v) is 14.1. The van der Waals surface area contributed by atoms with E-state index < -0.39 is 0 Å². The minimum Gasteiger partial charge on any atom is -0.375 e. The molecule has 0 spiro atoms. The Hall–Kier alpha value is -0.120. The average Bonchev–Trinajstić information content (AvgIpc) is 2.99. The van der Waals surface area contributed by atoms with E-state index in [1.807, 2.05) is 0 Å². The summed E-state index contributed by atoms with van der Waals surface area (Å²) in [6.07, 6.45) is 15.4. The minimum atomic E-state index is 0.502. The quantitative estimate of drug-likeness (QED) is 0.625. The first-order valence-corrected chi connectivity index (χ1v) is 9.44. The molecule has 3 unspecified atom stereocenters. The van der Waals surface area contributed by atoms with Gasteiger partial charge in [0.2, 0.25) is 0 Å². The van der Waals surface area contributed by atoms with Gasteiger partial charge in [0.1, 0.15) is 0 Å². The Bertz CT molecular complexity index is 272. The van der Waals surface area contributed by atoms with Crippen LogP contribution < -0.4 is 5.73 Å². The fraction of sp³-hybridized carbons (Fsp3) is 1.00. The summed E-state index contributed by atoms with van der Waals surface area (Å²) in [5.41, 5.74) is 6.08. The van der Waals surface area contributed by atoms with Crippen molar-refractivity contribution in [3.05, 3.63) is 0 Å². The predicted molar refractivity (Wildman–Crippen MR) is 89.5 cm³/mol. The molecule has 2 fully saturated rings. The van der Waals surface area contributed by atoms with Crippen molar-refractivity contribution in [2.24, 2.45) is 5.73 Å². The molecule has 2 aliphatic rings. The van der Waals surface area contributed by atoms with Gasteiger partial charge in [-0.1, -0.05) is 51.9 Å². The first-order chi connectivity index (χ1) is 10.4. The highest BCUT2D eigenvalue weighted by Gasteiger charge is 2.38. The van der Waals surface area contributed by atoms with Gasteiger partial charge < -0.3 is 10.5 Å². The highest BCUT2D eigenvalue weighted by atomic mass is 16.5. The number of nitrogens with zero attached hydrogens (tertiary/aromatic N) is 1. The van der Waals surface area contributed by atoms with E-state index in [1.165, 1.54) is 70.6 Å². The van der Waals surface area contributed by atoms with Crippen molar-refractivity contribution < 1.29 is 4.74 Å². The van der Waals surface area contributed by atoms with Crippen LogP contribution in [0.3, 0.4) is 0 Å². The van der Waals surface area contributed by atoms with Crippen LogP contribution >= 0.6 is 0 Å². The highest BCUT2D eigenvalue weighted by Crippen LogP contribution is 2.31. The van der Waals surface area contributed by atoms with Gasteiger partial charge in [-0.25, -0.2) is 0 Å². The molecule has 0 radical (unpaired) electrons. The van der Waals surface area contributed by atoms with E-state index in [0.717, 1.165) is 19.7 Å². The number of hydrogen-bond acceptors (Lipinski definition) is 3. The second-order valence-electron chi connectivity index (χ2n) is 6.94. The van der Waals surface area contributed by atoms with E-state index in [4.69, 9.17) is 10.5 Å². The number of hydrogen-bond donors (Lipinski definition) is 1. The summed E-state index contributed by atoms with van der Waals surface area (Å²) >= 11 is 0. The molecule has 1 saturated heterocycles. The second-order valence-corrected chi connectivity index (χ2v) is 6.94. The van der Waals surface area contributed by atoms with Crippen LogP contribution in [0.2, 0.25) is 0 Å². The maximum absolute atomic E-state index is 6.08. The van der Waals surface area contributed by atoms with Crippen LogP contribution in [0, 0.1) is 0 Å². The van der Waals surface area contributed by atoms with Crippen molar-refractivity contribution in [1.29, 1.82) is 0 Å². The summed E-state index contributed by atoms with van der Waals surface area (Å²) in [5.74, 6) is 0. The second kappa shape index (κ2) is 9.81. The van der Waals surface area contributed by atoms with Crippen molar-refractivity contribution in [2.75, 3.05) is 19.7 Å². The third kappa shape index (κ3) is 5.22. The van der Waals surface area contributed by atoms with Crippen molar-refractivity contribution >= 4 is 0 Å². The average molecular weight is 296 g/mol. The molecule has 1 heterocycles. The molecule has 21 heavy (non-hydrogen) atoms. The highest BCUT2D eigenvalue weighted by molar-refractivity contribution is 4.92. The summed E-state index contributed by atoms with van der Waals surface area (Å²) in [6, 6.07) is 1.26. The molecule has 124 valence electrons. The number of unbranched alkanes of at least 4 members (excludes halogenated alkanes) is 6. The summed E-state index contributed by atoms with van der Waals surface area (Å²) in [4.78, 5) is 2.69. The van der Waals surface area contributed by atoms with Crippen molar-refractivity contribution in [3.8, 4) is 0 Å². The third-order valence-electron chi connectivity index (χ3n) is 5.41. The summed E-state index contributed by atoms with van der Waals surface area (Å²) in [6.45, 7) is 5.11. The Balaban J connectivity index is 1.65. The Kier molecular flexibility index (Phi) is 8.05. The van der Waals surface area contributed by atoms with Gasteiger partial charge in [-0.3, -0.25) is 4.90 Å². The lowest BCUT2D eigenvalue weighted by Crippen LogP contribution is -2.55. The van der Waals surface area contributed by atoms with E-state index in [9.17, 15) is 0 Å².